The second-order valence-electron chi connectivity index (χ2n) is 5.32. The van der Waals surface area contributed by atoms with Crippen LogP contribution in [-0.4, -0.2) is 27.5 Å². The Morgan fingerprint density at radius 2 is 1.95 bits per heavy atom. The maximum Gasteiger partial charge on any atom is 0.422 e. The first kappa shape index (κ1) is 17.1. The van der Waals surface area contributed by atoms with Gasteiger partial charge in [-0.15, -0.1) is 11.8 Å². The van der Waals surface area contributed by atoms with Gasteiger partial charge < -0.3 is 9.84 Å². The average Bonchev–Trinajstić information content (AvgIpc) is 2.75. The summed E-state index contributed by atoms with van der Waals surface area (Å²) >= 11 is 1.71. The number of ether oxygens (including phenoxy) is 1. The van der Waals surface area contributed by atoms with Gasteiger partial charge in [-0.05, 0) is 19.4 Å². The fourth-order valence-electron chi connectivity index (χ4n) is 2.32. The second-order valence-corrected chi connectivity index (χ2v) is 6.85. The molecule has 0 aliphatic carbocycles. The molecule has 0 bridgehead atoms. The van der Waals surface area contributed by atoms with Crippen LogP contribution in [0.15, 0.2) is 11.8 Å². The molecule has 0 spiro atoms. The molecule has 114 valence electrons. The number of thioether (sulfide) groups is 1. The Labute approximate surface area is 125 Å². The van der Waals surface area contributed by atoms with Gasteiger partial charge in [-0.2, -0.15) is 0 Å². The summed E-state index contributed by atoms with van der Waals surface area (Å²) in [6, 6.07) is 0. The van der Waals surface area contributed by atoms with E-state index in [9.17, 15) is 9.59 Å². The Morgan fingerprint density at radius 1 is 1.30 bits per heavy atom. The molecule has 1 aliphatic heterocycles. The van der Waals surface area contributed by atoms with Crippen molar-refractivity contribution in [3.63, 3.8) is 0 Å². The molecule has 5 heteroatoms. The van der Waals surface area contributed by atoms with E-state index >= 15 is 0 Å². The molecule has 0 saturated carbocycles. The minimum atomic E-state index is -1.54. The number of rotatable bonds is 8. The van der Waals surface area contributed by atoms with E-state index in [1.54, 1.807) is 11.8 Å². The highest BCUT2D eigenvalue weighted by Crippen LogP contribution is 2.43. The largest absolute Gasteiger partial charge is 0.473 e. The van der Waals surface area contributed by atoms with Crippen molar-refractivity contribution in [2.45, 2.75) is 63.5 Å². The van der Waals surface area contributed by atoms with Crippen molar-refractivity contribution in [1.29, 1.82) is 0 Å². The van der Waals surface area contributed by atoms with Crippen LogP contribution in [0, 0.1) is 0 Å². The van der Waals surface area contributed by atoms with Crippen LogP contribution in [0.5, 0.6) is 0 Å². The predicted octanol–water partition coefficient (Wildman–Crippen LogP) is 3.75. The highest BCUT2D eigenvalue weighted by atomic mass is 32.2. The molecule has 0 aromatic carbocycles. The normalized spacial score (nSPS) is 21.6. The Hall–Kier alpha value is -0.970. The molecule has 20 heavy (non-hydrogen) atoms. The monoisotopic (exact) mass is 300 g/mol. The topological polar surface area (TPSA) is 63.6 Å². The summed E-state index contributed by atoms with van der Waals surface area (Å²) in [5, 5.41) is 8.60. The molecule has 0 fully saturated rings. The molecule has 1 atom stereocenters. The number of aliphatic carboxylic acids is 1. The molecule has 0 aromatic rings. The van der Waals surface area contributed by atoms with Crippen molar-refractivity contribution in [2.75, 3.05) is 5.75 Å². The summed E-state index contributed by atoms with van der Waals surface area (Å²) in [5.74, 6) is -1.43. The number of unbranched alkanes of at least 4 members (excludes halogenated alkanes) is 5. The van der Waals surface area contributed by atoms with Crippen LogP contribution in [0.4, 0.5) is 0 Å². The SMILES string of the molecule is CCCCCCCCC1(C)SCC=C1OC(=O)C(=O)O. The van der Waals surface area contributed by atoms with Gasteiger partial charge in [-0.25, -0.2) is 9.59 Å². The number of esters is 1. The summed E-state index contributed by atoms with van der Waals surface area (Å²) in [6.07, 6.45) is 10.0. The minimum Gasteiger partial charge on any atom is -0.473 e. The minimum absolute atomic E-state index is 0.254. The number of carbonyl (C=O) groups excluding carboxylic acids is 1. The molecule has 0 saturated heterocycles. The second kappa shape index (κ2) is 8.35. The van der Waals surface area contributed by atoms with Crippen molar-refractivity contribution < 1.29 is 19.4 Å². The molecular weight excluding hydrogens is 276 g/mol. The number of carbonyl (C=O) groups is 2. The first-order valence-corrected chi connectivity index (χ1v) is 8.28. The molecule has 1 aliphatic rings. The average molecular weight is 300 g/mol. The van der Waals surface area contributed by atoms with Crippen molar-refractivity contribution in [3.8, 4) is 0 Å². The zero-order valence-electron chi connectivity index (χ0n) is 12.3. The van der Waals surface area contributed by atoms with Crippen molar-refractivity contribution in [2.24, 2.45) is 0 Å². The van der Waals surface area contributed by atoms with Gasteiger partial charge in [-0.1, -0.05) is 45.4 Å². The van der Waals surface area contributed by atoms with E-state index < -0.39 is 11.9 Å². The van der Waals surface area contributed by atoms with Gasteiger partial charge >= 0.3 is 11.9 Å². The van der Waals surface area contributed by atoms with E-state index in [-0.39, 0.29) is 4.75 Å². The third-order valence-corrected chi connectivity index (χ3v) is 4.95. The summed E-state index contributed by atoms with van der Waals surface area (Å²) in [4.78, 5) is 21.7. The lowest BCUT2D eigenvalue weighted by Crippen LogP contribution is -2.26. The molecular formula is C15H24O4S. The first-order chi connectivity index (χ1) is 9.49. The molecule has 1 heterocycles. The lowest BCUT2D eigenvalue weighted by molar-refractivity contribution is -0.161. The zero-order chi connectivity index (χ0) is 15.0. The van der Waals surface area contributed by atoms with E-state index in [2.05, 4.69) is 6.92 Å². The molecule has 0 amide bonds. The van der Waals surface area contributed by atoms with Crippen LogP contribution in [0.25, 0.3) is 0 Å². The van der Waals surface area contributed by atoms with E-state index in [1.807, 2.05) is 13.0 Å². The zero-order valence-corrected chi connectivity index (χ0v) is 13.1. The maximum atomic E-state index is 11.2. The quantitative estimate of drug-likeness (QED) is 0.420. The Kier molecular flexibility index (Phi) is 7.13. The smallest absolute Gasteiger partial charge is 0.422 e. The van der Waals surface area contributed by atoms with Crippen LogP contribution in [0.1, 0.15) is 58.8 Å². The number of carboxylic acid groups (broad SMARTS) is 1. The van der Waals surface area contributed by atoms with E-state index in [4.69, 9.17) is 9.84 Å². The Bertz CT molecular complexity index is 378. The summed E-state index contributed by atoms with van der Waals surface area (Å²) in [7, 11) is 0. The summed E-state index contributed by atoms with van der Waals surface area (Å²) in [6.45, 7) is 4.22. The lowest BCUT2D eigenvalue weighted by atomic mass is 9.99. The van der Waals surface area contributed by atoms with Gasteiger partial charge in [0.05, 0.1) is 4.75 Å². The number of carboxylic acids is 1. The highest BCUT2D eigenvalue weighted by molar-refractivity contribution is 8.01. The van der Waals surface area contributed by atoms with Crippen molar-refractivity contribution in [3.05, 3.63) is 11.8 Å². The van der Waals surface area contributed by atoms with Gasteiger partial charge in [0.1, 0.15) is 5.76 Å². The van der Waals surface area contributed by atoms with Gasteiger partial charge in [0, 0.05) is 5.75 Å². The van der Waals surface area contributed by atoms with Crippen LogP contribution in [0.2, 0.25) is 0 Å². The highest BCUT2D eigenvalue weighted by Gasteiger charge is 2.36. The van der Waals surface area contributed by atoms with Gasteiger partial charge in [0.2, 0.25) is 0 Å². The third kappa shape index (κ3) is 5.19. The Morgan fingerprint density at radius 3 is 2.60 bits per heavy atom. The van der Waals surface area contributed by atoms with Crippen molar-refractivity contribution in [1.82, 2.24) is 0 Å². The molecule has 0 radical (unpaired) electrons. The van der Waals surface area contributed by atoms with Crippen LogP contribution >= 0.6 is 11.8 Å². The lowest BCUT2D eigenvalue weighted by Gasteiger charge is -2.25. The molecule has 1 N–H and O–H groups in total. The van der Waals surface area contributed by atoms with Gasteiger partial charge in [0.25, 0.3) is 0 Å². The molecule has 1 rings (SSSR count). The molecule has 0 aromatic heterocycles. The fourth-order valence-corrected chi connectivity index (χ4v) is 3.48. The first-order valence-electron chi connectivity index (χ1n) is 7.29. The van der Waals surface area contributed by atoms with Crippen LogP contribution < -0.4 is 0 Å². The van der Waals surface area contributed by atoms with E-state index in [1.165, 1.54) is 32.1 Å². The fraction of sp³-hybridized carbons (Fsp3) is 0.733. The van der Waals surface area contributed by atoms with Crippen LogP contribution in [-0.2, 0) is 14.3 Å². The van der Waals surface area contributed by atoms with Gasteiger partial charge in [-0.3, -0.25) is 0 Å². The van der Waals surface area contributed by atoms with Crippen molar-refractivity contribution >= 4 is 23.7 Å². The third-order valence-electron chi connectivity index (χ3n) is 3.58. The number of hydrogen-bond donors (Lipinski definition) is 1. The summed E-state index contributed by atoms with van der Waals surface area (Å²) in [5.41, 5.74) is 0. The summed E-state index contributed by atoms with van der Waals surface area (Å²) < 4.78 is 4.73. The number of hydrogen-bond acceptors (Lipinski definition) is 4. The maximum absolute atomic E-state index is 11.2. The van der Waals surface area contributed by atoms with Gasteiger partial charge in [0.15, 0.2) is 0 Å². The van der Waals surface area contributed by atoms with Crippen LogP contribution in [0.3, 0.4) is 0 Å². The van der Waals surface area contributed by atoms with E-state index in [0.29, 0.717) is 5.76 Å². The Balaban J connectivity index is 2.37. The van der Waals surface area contributed by atoms with E-state index in [0.717, 1.165) is 18.6 Å². The molecule has 1 unspecified atom stereocenters. The standard InChI is InChI=1S/C15H24O4S/c1-3-4-5-6-7-8-10-15(2)12(9-11-20-15)19-14(18)13(16)17/h9H,3-8,10-11H2,1-2H3,(H,16,17). The predicted molar refractivity (Wildman–Crippen MR) is 80.7 cm³/mol. The molecule has 4 nitrogen and oxygen atoms in total.